The lowest BCUT2D eigenvalue weighted by Crippen LogP contribution is -2.38. The quantitative estimate of drug-likeness (QED) is 0.334. The number of guanidine groups is 1. The van der Waals surface area contributed by atoms with Crippen molar-refractivity contribution >= 4 is 39.8 Å². The Hall–Kier alpha value is -1.68. The fourth-order valence-corrected chi connectivity index (χ4v) is 3.18. The number of nitrogens with one attached hydrogen (secondary N) is 2. The van der Waals surface area contributed by atoms with E-state index in [1.54, 1.807) is 31.2 Å². The van der Waals surface area contributed by atoms with Crippen molar-refractivity contribution in [3.8, 4) is 0 Å². The number of hydrogen-bond acceptors (Lipinski definition) is 3. The van der Waals surface area contributed by atoms with Gasteiger partial charge in [0.2, 0.25) is 0 Å². The molecule has 28 heavy (non-hydrogen) atoms. The highest BCUT2D eigenvalue weighted by molar-refractivity contribution is 14.0. The minimum Gasteiger partial charge on any atom is -0.357 e. The van der Waals surface area contributed by atoms with Crippen LogP contribution in [0.4, 0.5) is 4.39 Å². The molecule has 2 rings (SSSR count). The smallest absolute Gasteiger partial charge is 0.191 e. The number of halogens is 2. The maximum atomic E-state index is 13.3. The molecule has 2 aromatic rings. The zero-order valence-electron chi connectivity index (χ0n) is 16.3. The Morgan fingerprint density at radius 1 is 1.07 bits per heavy atom. The van der Waals surface area contributed by atoms with E-state index in [0.717, 1.165) is 24.1 Å². The maximum Gasteiger partial charge on any atom is 0.191 e. The molecule has 0 aliphatic rings. The summed E-state index contributed by atoms with van der Waals surface area (Å²) in [5.74, 6) is 0.474. The lowest BCUT2D eigenvalue weighted by atomic mass is 10.1. The van der Waals surface area contributed by atoms with E-state index < -0.39 is 9.84 Å². The Kier molecular flexibility index (Phi) is 9.88. The molecule has 0 amide bonds. The van der Waals surface area contributed by atoms with Crippen LogP contribution in [0.5, 0.6) is 0 Å². The van der Waals surface area contributed by atoms with Crippen molar-refractivity contribution in [3.05, 3.63) is 65.0 Å². The van der Waals surface area contributed by atoms with E-state index in [1.807, 2.05) is 19.1 Å². The molecular formula is C20H27FIN3O2S. The summed E-state index contributed by atoms with van der Waals surface area (Å²) in [5.41, 5.74) is 2.60. The third kappa shape index (κ3) is 7.75. The van der Waals surface area contributed by atoms with Gasteiger partial charge in [0.25, 0.3) is 0 Å². The van der Waals surface area contributed by atoms with Gasteiger partial charge in [0, 0.05) is 19.3 Å². The second-order valence-electron chi connectivity index (χ2n) is 6.37. The first-order valence-corrected chi connectivity index (χ1v) is 10.7. The molecule has 0 saturated heterocycles. The average molecular weight is 519 g/mol. The van der Waals surface area contributed by atoms with E-state index >= 15 is 0 Å². The molecule has 0 spiro atoms. The minimum atomic E-state index is -3.17. The van der Waals surface area contributed by atoms with Crippen molar-refractivity contribution in [1.29, 1.82) is 0 Å². The highest BCUT2D eigenvalue weighted by Gasteiger charge is 2.06. The van der Waals surface area contributed by atoms with E-state index in [1.165, 1.54) is 12.3 Å². The van der Waals surface area contributed by atoms with Crippen molar-refractivity contribution in [2.75, 3.05) is 19.3 Å². The Balaban J connectivity index is 0.00000392. The molecule has 0 aromatic heterocycles. The van der Waals surface area contributed by atoms with Gasteiger partial charge in [0.1, 0.15) is 5.82 Å². The van der Waals surface area contributed by atoms with Crippen LogP contribution >= 0.6 is 24.0 Å². The summed E-state index contributed by atoms with van der Waals surface area (Å²) < 4.78 is 36.3. The monoisotopic (exact) mass is 519 g/mol. The summed E-state index contributed by atoms with van der Waals surface area (Å²) in [6.45, 7) is 5.58. The maximum absolute atomic E-state index is 13.3. The number of aliphatic imine (C=N–C) groups is 1. The summed E-state index contributed by atoms with van der Waals surface area (Å²) in [4.78, 5) is 4.85. The van der Waals surface area contributed by atoms with Crippen molar-refractivity contribution in [2.45, 2.75) is 31.7 Å². The van der Waals surface area contributed by atoms with E-state index in [0.29, 0.717) is 29.5 Å². The number of hydrogen-bond donors (Lipinski definition) is 2. The lowest BCUT2D eigenvalue weighted by Gasteiger charge is -2.12. The van der Waals surface area contributed by atoms with E-state index in [2.05, 4.69) is 15.6 Å². The highest BCUT2D eigenvalue weighted by Crippen LogP contribution is 2.11. The largest absolute Gasteiger partial charge is 0.357 e. The van der Waals surface area contributed by atoms with Gasteiger partial charge in [-0.3, -0.25) is 0 Å². The van der Waals surface area contributed by atoms with Gasteiger partial charge in [-0.05, 0) is 55.2 Å². The molecule has 0 bridgehead atoms. The Morgan fingerprint density at radius 3 is 2.29 bits per heavy atom. The number of benzene rings is 2. The van der Waals surface area contributed by atoms with Crippen LogP contribution < -0.4 is 10.6 Å². The molecule has 8 heteroatoms. The molecular weight excluding hydrogens is 492 g/mol. The highest BCUT2D eigenvalue weighted by atomic mass is 127. The van der Waals surface area contributed by atoms with Crippen LogP contribution in [0.1, 0.15) is 23.6 Å². The first-order valence-electron chi connectivity index (χ1n) is 8.86. The Labute approximate surface area is 183 Å². The Bertz CT molecular complexity index is 900. The molecule has 0 fully saturated rings. The third-order valence-electron chi connectivity index (χ3n) is 4.04. The van der Waals surface area contributed by atoms with Crippen molar-refractivity contribution < 1.29 is 12.8 Å². The molecule has 0 aliphatic carbocycles. The van der Waals surface area contributed by atoms with Crippen LogP contribution in [0.15, 0.2) is 52.4 Å². The van der Waals surface area contributed by atoms with Crippen LogP contribution in [-0.2, 0) is 22.8 Å². The van der Waals surface area contributed by atoms with Gasteiger partial charge in [0.05, 0.1) is 11.4 Å². The molecule has 154 valence electrons. The first kappa shape index (κ1) is 24.4. The predicted octanol–water partition coefficient (Wildman–Crippen LogP) is 3.45. The van der Waals surface area contributed by atoms with Crippen LogP contribution in [0, 0.1) is 12.7 Å². The number of aryl methyl sites for hydroxylation is 1. The molecule has 0 heterocycles. The zero-order chi connectivity index (χ0) is 19.9. The first-order chi connectivity index (χ1) is 12.8. The molecule has 0 saturated carbocycles. The number of sulfone groups is 1. The lowest BCUT2D eigenvalue weighted by molar-refractivity contribution is 0.602. The standard InChI is InChI=1S/C20H26FN3O2S.HI/c1-4-22-20(24-14-17-7-10-19(21)15(2)13-17)23-12-11-16-5-8-18(9-6-16)27(3,25)26;/h5-10,13H,4,11-12,14H2,1-3H3,(H2,22,23,24);1H. The summed E-state index contributed by atoms with van der Waals surface area (Å²) in [6, 6.07) is 11.9. The third-order valence-corrected chi connectivity index (χ3v) is 5.17. The average Bonchev–Trinajstić information content (AvgIpc) is 2.62. The second-order valence-corrected chi connectivity index (χ2v) is 8.39. The molecule has 2 aromatic carbocycles. The van der Waals surface area contributed by atoms with E-state index in [4.69, 9.17) is 0 Å². The van der Waals surface area contributed by atoms with Gasteiger partial charge in [-0.15, -0.1) is 24.0 Å². The van der Waals surface area contributed by atoms with E-state index in [-0.39, 0.29) is 29.8 Å². The number of rotatable bonds is 7. The van der Waals surface area contributed by atoms with Gasteiger partial charge in [-0.2, -0.15) is 0 Å². The van der Waals surface area contributed by atoms with Gasteiger partial charge < -0.3 is 10.6 Å². The minimum absolute atomic E-state index is 0. The molecule has 2 N–H and O–H groups in total. The molecule has 5 nitrogen and oxygen atoms in total. The predicted molar refractivity (Wildman–Crippen MR) is 123 cm³/mol. The van der Waals surface area contributed by atoms with Gasteiger partial charge in [-0.25, -0.2) is 17.8 Å². The van der Waals surface area contributed by atoms with Crippen molar-refractivity contribution in [1.82, 2.24) is 10.6 Å². The van der Waals surface area contributed by atoms with Crippen LogP contribution in [0.3, 0.4) is 0 Å². The summed E-state index contributed by atoms with van der Waals surface area (Å²) in [7, 11) is -3.17. The topological polar surface area (TPSA) is 70.6 Å². The SMILES string of the molecule is CCNC(=NCc1ccc(F)c(C)c1)NCCc1ccc(S(C)(=O)=O)cc1.I. The van der Waals surface area contributed by atoms with Crippen LogP contribution in [0.2, 0.25) is 0 Å². The van der Waals surface area contributed by atoms with Crippen LogP contribution in [0.25, 0.3) is 0 Å². The zero-order valence-corrected chi connectivity index (χ0v) is 19.5. The van der Waals surface area contributed by atoms with Gasteiger partial charge >= 0.3 is 0 Å². The molecule has 0 atom stereocenters. The summed E-state index contributed by atoms with van der Waals surface area (Å²) >= 11 is 0. The van der Waals surface area contributed by atoms with Crippen molar-refractivity contribution in [2.24, 2.45) is 4.99 Å². The van der Waals surface area contributed by atoms with Gasteiger partial charge in [-0.1, -0.05) is 24.3 Å². The fraction of sp³-hybridized carbons (Fsp3) is 0.350. The summed E-state index contributed by atoms with van der Waals surface area (Å²) in [5, 5.41) is 6.44. The van der Waals surface area contributed by atoms with Gasteiger partial charge in [0.15, 0.2) is 15.8 Å². The molecule has 0 unspecified atom stereocenters. The Morgan fingerprint density at radius 2 is 1.71 bits per heavy atom. The van der Waals surface area contributed by atoms with Crippen molar-refractivity contribution in [3.63, 3.8) is 0 Å². The molecule has 0 radical (unpaired) electrons. The molecule has 0 aliphatic heterocycles. The van der Waals surface area contributed by atoms with Crippen LogP contribution in [-0.4, -0.2) is 33.7 Å². The second kappa shape index (κ2) is 11.4. The summed E-state index contributed by atoms with van der Waals surface area (Å²) in [6.07, 6.45) is 1.94. The fourth-order valence-electron chi connectivity index (χ4n) is 2.55. The normalized spacial score (nSPS) is 11.6. The van der Waals surface area contributed by atoms with E-state index in [9.17, 15) is 12.8 Å². The number of nitrogens with zero attached hydrogens (tertiary/aromatic N) is 1.